The topological polar surface area (TPSA) is 105 Å². The largest absolute Gasteiger partial charge is 0.456 e. The zero-order chi connectivity index (χ0) is 24.8. The molecule has 176 valence electrons. The normalized spacial score (nSPS) is 11.6. The van der Waals surface area contributed by atoms with Crippen LogP contribution in [0.4, 0.5) is 18.9 Å². The molecule has 2 aromatic carbocycles. The van der Waals surface area contributed by atoms with Gasteiger partial charge in [-0.3, -0.25) is 14.9 Å². The van der Waals surface area contributed by atoms with Gasteiger partial charge in [0.25, 0.3) is 5.69 Å². The fraction of sp³-hybridized carbons (Fsp3) is 0.200. The van der Waals surface area contributed by atoms with Crippen LogP contribution in [-0.2, 0) is 31.7 Å². The first-order chi connectivity index (χ1) is 15.4. The van der Waals surface area contributed by atoms with E-state index in [0.717, 1.165) is 30.5 Å². The standard InChI is InChI=1S/C20H14Cl2F3NO7/c1-11(21)9-31-19(28)10-32-18(27)7-12-6-14(3-4-16(12)26(29)30)33-17-5-2-13(8-15(17)22)20(23,24)25/h2-6,8-9H,7,10H2,1H3. The second-order valence-electron chi connectivity index (χ2n) is 6.32. The smallest absolute Gasteiger partial charge is 0.416 e. The lowest BCUT2D eigenvalue weighted by atomic mass is 10.1. The number of hydrogen-bond donors (Lipinski definition) is 0. The van der Waals surface area contributed by atoms with Crippen LogP contribution >= 0.6 is 23.2 Å². The number of carbonyl (C=O) groups is 2. The monoisotopic (exact) mass is 507 g/mol. The first kappa shape index (κ1) is 25.9. The molecular formula is C20H14Cl2F3NO7. The molecule has 0 spiro atoms. The van der Waals surface area contributed by atoms with Gasteiger partial charge in [0.1, 0.15) is 17.8 Å². The molecule has 0 amide bonds. The predicted octanol–water partition coefficient (Wildman–Crippen LogP) is 5.79. The van der Waals surface area contributed by atoms with Gasteiger partial charge in [-0.15, -0.1) is 0 Å². The summed E-state index contributed by atoms with van der Waals surface area (Å²) in [6.07, 6.45) is -4.27. The molecule has 0 aliphatic heterocycles. The van der Waals surface area contributed by atoms with Gasteiger partial charge in [0, 0.05) is 11.6 Å². The Morgan fingerprint density at radius 2 is 1.85 bits per heavy atom. The van der Waals surface area contributed by atoms with Gasteiger partial charge >= 0.3 is 18.1 Å². The van der Waals surface area contributed by atoms with E-state index in [9.17, 15) is 32.9 Å². The molecule has 2 aromatic rings. The Kier molecular flexibility index (Phi) is 8.66. The molecule has 0 aliphatic carbocycles. The van der Waals surface area contributed by atoms with Crippen LogP contribution in [0.15, 0.2) is 47.7 Å². The average Bonchev–Trinajstić information content (AvgIpc) is 2.71. The minimum atomic E-state index is -4.60. The maximum Gasteiger partial charge on any atom is 0.416 e. The van der Waals surface area contributed by atoms with E-state index >= 15 is 0 Å². The Morgan fingerprint density at radius 3 is 2.42 bits per heavy atom. The number of benzene rings is 2. The van der Waals surface area contributed by atoms with Crippen LogP contribution in [0.5, 0.6) is 11.5 Å². The van der Waals surface area contributed by atoms with Gasteiger partial charge in [-0.2, -0.15) is 13.2 Å². The Bertz CT molecular complexity index is 1100. The summed E-state index contributed by atoms with van der Waals surface area (Å²) in [7, 11) is 0. The second kappa shape index (κ2) is 11.0. The summed E-state index contributed by atoms with van der Waals surface area (Å²) in [6.45, 7) is 0.692. The van der Waals surface area contributed by atoms with E-state index < -0.39 is 47.3 Å². The predicted molar refractivity (Wildman–Crippen MR) is 110 cm³/mol. The van der Waals surface area contributed by atoms with Crippen LogP contribution < -0.4 is 4.74 Å². The van der Waals surface area contributed by atoms with Crippen LogP contribution in [0, 0.1) is 10.1 Å². The van der Waals surface area contributed by atoms with Gasteiger partial charge in [0.05, 0.1) is 27.0 Å². The highest BCUT2D eigenvalue weighted by atomic mass is 35.5. The van der Waals surface area contributed by atoms with Crippen molar-refractivity contribution in [1.29, 1.82) is 0 Å². The molecule has 0 heterocycles. The van der Waals surface area contributed by atoms with Gasteiger partial charge in [-0.25, -0.2) is 4.79 Å². The number of esters is 2. The number of nitro benzene ring substituents is 1. The Morgan fingerprint density at radius 1 is 1.15 bits per heavy atom. The van der Waals surface area contributed by atoms with Crippen LogP contribution in [0.3, 0.4) is 0 Å². The zero-order valence-electron chi connectivity index (χ0n) is 16.7. The first-order valence-electron chi connectivity index (χ1n) is 8.86. The summed E-state index contributed by atoms with van der Waals surface area (Å²) >= 11 is 11.3. The van der Waals surface area contributed by atoms with Crippen molar-refractivity contribution >= 4 is 40.8 Å². The first-order valence-corrected chi connectivity index (χ1v) is 9.61. The molecule has 0 fully saturated rings. The number of nitrogens with zero attached hydrogens (tertiary/aromatic N) is 1. The zero-order valence-corrected chi connectivity index (χ0v) is 18.2. The van der Waals surface area contributed by atoms with Gasteiger partial charge in [-0.1, -0.05) is 23.2 Å². The molecule has 0 N–H and O–H groups in total. The lowest BCUT2D eigenvalue weighted by molar-refractivity contribution is -0.385. The van der Waals surface area contributed by atoms with Crippen molar-refractivity contribution in [3.05, 3.63) is 74.0 Å². The Labute approximate surface area is 194 Å². The molecule has 0 radical (unpaired) electrons. The number of nitro groups is 1. The van der Waals surface area contributed by atoms with Crippen molar-refractivity contribution in [1.82, 2.24) is 0 Å². The van der Waals surface area contributed by atoms with Gasteiger partial charge < -0.3 is 14.2 Å². The molecule has 0 atom stereocenters. The van der Waals surface area contributed by atoms with Crippen molar-refractivity contribution in [2.24, 2.45) is 0 Å². The lowest BCUT2D eigenvalue weighted by Gasteiger charge is -2.12. The van der Waals surface area contributed by atoms with Crippen molar-refractivity contribution < 1.29 is 41.9 Å². The van der Waals surface area contributed by atoms with E-state index in [1.54, 1.807) is 0 Å². The third kappa shape index (κ3) is 7.95. The fourth-order valence-electron chi connectivity index (χ4n) is 2.36. The molecule has 0 aliphatic rings. The molecule has 0 saturated carbocycles. The Balaban J connectivity index is 2.16. The van der Waals surface area contributed by atoms with Gasteiger partial charge in [-0.05, 0) is 37.3 Å². The second-order valence-corrected chi connectivity index (χ2v) is 7.33. The molecule has 33 heavy (non-hydrogen) atoms. The average molecular weight is 508 g/mol. The molecular weight excluding hydrogens is 494 g/mol. The molecule has 13 heteroatoms. The van der Waals surface area contributed by atoms with Crippen molar-refractivity contribution in [3.8, 4) is 11.5 Å². The highest BCUT2D eigenvalue weighted by Gasteiger charge is 2.31. The number of rotatable bonds is 8. The summed E-state index contributed by atoms with van der Waals surface area (Å²) in [6, 6.07) is 5.76. The quantitative estimate of drug-likeness (QED) is 0.192. The number of ether oxygens (including phenoxy) is 3. The van der Waals surface area contributed by atoms with E-state index in [0.29, 0.717) is 6.07 Å². The molecule has 0 saturated heterocycles. The summed E-state index contributed by atoms with van der Waals surface area (Å²) in [4.78, 5) is 34.0. The minimum Gasteiger partial charge on any atom is -0.456 e. The van der Waals surface area contributed by atoms with Crippen LogP contribution in [0.2, 0.25) is 5.02 Å². The number of halogens is 5. The lowest BCUT2D eigenvalue weighted by Crippen LogP contribution is -2.16. The highest BCUT2D eigenvalue weighted by molar-refractivity contribution is 6.32. The van der Waals surface area contributed by atoms with E-state index in [1.165, 1.54) is 13.0 Å². The fourth-order valence-corrected chi connectivity index (χ4v) is 2.62. The van der Waals surface area contributed by atoms with Crippen molar-refractivity contribution in [2.75, 3.05) is 6.61 Å². The number of hydrogen-bond acceptors (Lipinski definition) is 7. The van der Waals surface area contributed by atoms with E-state index in [2.05, 4.69) is 4.74 Å². The summed E-state index contributed by atoms with van der Waals surface area (Å²) in [5.74, 6) is -2.08. The van der Waals surface area contributed by atoms with Gasteiger partial charge in [0.15, 0.2) is 6.61 Å². The Hall–Kier alpha value is -3.31. The van der Waals surface area contributed by atoms with Gasteiger partial charge in [0.2, 0.25) is 0 Å². The third-order valence-corrected chi connectivity index (χ3v) is 4.16. The van der Waals surface area contributed by atoms with E-state index in [1.807, 2.05) is 0 Å². The maximum absolute atomic E-state index is 12.8. The van der Waals surface area contributed by atoms with E-state index in [4.69, 9.17) is 32.7 Å². The summed E-state index contributed by atoms with van der Waals surface area (Å²) in [5, 5.41) is 11.1. The van der Waals surface area contributed by atoms with Crippen LogP contribution in [0.25, 0.3) is 0 Å². The van der Waals surface area contributed by atoms with E-state index in [-0.39, 0.29) is 27.1 Å². The number of allylic oxidation sites excluding steroid dienone is 1. The molecule has 0 unspecified atom stereocenters. The summed E-state index contributed by atoms with van der Waals surface area (Å²) < 4.78 is 53.0. The van der Waals surface area contributed by atoms with Crippen LogP contribution in [0.1, 0.15) is 18.1 Å². The van der Waals surface area contributed by atoms with Crippen LogP contribution in [-0.4, -0.2) is 23.5 Å². The molecule has 2 rings (SSSR count). The summed E-state index contributed by atoms with van der Waals surface area (Å²) in [5.41, 5.74) is -1.56. The van der Waals surface area contributed by atoms with Crippen molar-refractivity contribution in [3.63, 3.8) is 0 Å². The third-order valence-electron chi connectivity index (χ3n) is 3.77. The minimum absolute atomic E-state index is 0.0350. The molecule has 8 nitrogen and oxygen atoms in total. The number of carbonyl (C=O) groups excluding carboxylic acids is 2. The molecule has 0 aromatic heterocycles. The maximum atomic E-state index is 12.8. The molecule has 0 bridgehead atoms. The highest BCUT2D eigenvalue weighted by Crippen LogP contribution is 2.37. The van der Waals surface area contributed by atoms with Crippen molar-refractivity contribution in [2.45, 2.75) is 19.5 Å². The SMILES string of the molecule is CC(Cl)=COC(=O)COC(=O)Cc1cc(Oc2ccc(C(F)(F)F)cc2Cl)ccc1[N+](=O)[O-]. The number of alkyl halides is 3.